The van der Waals surface area contributed by atoms with E-state index in [-0.39, 0.29) is 17.8 Å². The molecule has 1 aromatic rings. The number of hydrogen-bond donors (Lipinski definition) is 3. The van der Waals surface area contributed by atoms with Gasteiger partial charge in [-0.1, -0.05) is 31.5 Å². The first-order valence-electron chi connectivity index (χ1n) is 5.74. The Bertz CT molecular complexity index is 346. The smallest absolute Gasteiger partial charge is 0.121 e. The number of phenols is 1. The fourth-order valence-electron chi connectivity index (χ4n) is 1.64. The van der Waals surface area contributed by atoms with Crippen molar-refractivity contribution in [2.75, 3.05) is 13.2 Å². The van der Waals surface area contributed by atoms with Gasteiger partial charge in [-0.2, -0.15) is 0 Å². The highest BCUT2D eigenvalue weighted by Gasteiger charge is 2.16. The van der Waals surface area contributed by atoms with Crippen molar-refractivity contribution >= 4 is 11.6 Å². The van der Waals surface area contributed by atoms with Gasteiger partial charge in [-0.3, -0.25) is 0 Å². The maximum atomic E-state index is 9.66. The van der Waals surface area contributed by atoms with Gasteiger partial charge in [0.2, 0.25) is 0 Å². The van der Waals surface area contributed by atoms with Crippen LogP contribution < -0.4 is 5.32 Å². The second kappa shape index (κ2) is 6.24. The van der Waals surface area contributed by atoms with E-state index in [1.165, 1.54) is 0 Å². The summed E-state index contributed by atoms with van der Waals surface area (Å²) in [5, 5.41) is 22.4. The van der Waals surface area contributed by atoms with E-state index in [4.69, 9.17) is 16.7 Å². The Hall–Kier alpha value is -0.770. The summed E-state index contributed by atoms with van der Waals surface area (Å²) in [7, 11) is 0. The monoisotopic (exact) mass is 257 g/mol. The second-order valence-corrected chi connectivity index (χ2v) is 5.39. The van der Waals surface area contributed by atoms with Crippen LogP contribution in [0, 0.1) is 5.41 Å². The SMILES string of the molecule is CC(C)(CCO)CNCc1c(O)cccc1Cl. The van der Waals surface area contributed by atoms with Crippen LogP contribution in [0.15, 0.2) is 18.2 Å². The van der Waals surface area contributed by atoms with Gasteiger partial charge in [0.05, 0.1) is 0 Å². The van der Waals surface area contributed by atoms with Gasteiger partial charge in [-0.15, -0.1) is 0 Å². The molecule has 1 aromatic carbocycles. The largest absolute Gasteiger partial charge is 0.508 e. The Morgan fingerprint density at radius 2 is 2.06 bits per heavy atom. The van der Waals surface area contributed by atoms with E-state index in [9.17, 15) is 5.11 Å². The van der Waals surface area contributed by atoms with E-state index < -0.39 is 0 Å². The van der Waals surface area contributed by atoms with E-state index in [0.29, 0.717) is 17.1 Å². The van der Waals surface area contributed by atoms with Crippen molar-refractivity contribution in [2.24, 2.45) is 5.41 Å². The molecule has 0 saturated carbocycles. The molecule has 0 spiro atoms. The van der Waals surface area contributed by atoms with Crippen molar-refractivity contribution < 1.29 is 10.2 Å². The first-order chi connectivity index (χ1) is 7.96. The molecule has 0 amide bonds. The fraction of sp³-hybridized carbons (Fsp3) is 0.538. The summed E-state index contributed by atoms with van der Waals surface area (Å²) >= 11 is 6.00. The zero-order valence-electron chi connectivity index (χ0n) is 10.3. The highest BCUT2D eigenvalue weighted by atomic mass is 35.5. The lowest BCUT2D eigenvalue weighted by Crippen LogP contribution is -2.30. The van der Waals surface area contributed by atoms with Crippen LogP contribution >= 0.6 is 11.6 Å². The van der Waals surface area contributed by atoms with Crippen molar-refractivity contribution in [3.05, 3.63) is 28.8 Å². The van der Waals surface area contributed by atoms with E-state index >= 15 is 0 Å². The summed E-state index contributed by atoms with van der Waals surface area (Å²) in [4.78, 5) is 0. The maximum absolute atomic E-state index is 9.66. The van der Waals surface area contributed by atoms with Gasteiger partial charge in [-0.25, -0.2) is 0 Å². The molecule has 0 heterocycles. The van der Waals surface area contributed by atoms with Crippen molar-refractivity contribution in [2.45, 2.75) is 26.8 Å². The third kappa shape index (κ3) is 4.54. The van der Waals surface area contributed by atoms with Gasteiger partial charge in [0, 0.05) is 30.3 Å². The number of benzene rings is 1. The summed E-state index contributed by atoms with van der Waals surface area (Å²) < 4.78 is 0. The molecule has 0 aliphatic rings. The van der Waals surface area contributed by atoms with Crippen molar-refractivity contribution in [1.82, 2.24) is 5.32 Å². The first-order valence-corrected chi connectivity index (χ1v) is 6.12. The second-order valence-electron chi connectivity index (χ2n) is 4.98. The van der Waals surface area contributed by atoms with E-state index in [1.54, 1.807) is 18.2 Å². The standard InChI is InChI=1S/C13H20ClNO2/c1-13(2,6-7-16)9-15-8-10-11(14)4-3-5-12(10)17/h3-5,15-17H,6-9H2,1-2H3. The molecule has 4 heteroatoms. The average molecular weight is 258 g/mol. The third-order valence-electron chi connectivity index (χ3n) is 2.79. The normalized spacial score (nSPS) is 11.8. The Morgan fingerprint density at radius 3 is 2.65 bits per heavy atom. The van der Waals surface area contributed by atoms with Crippen LogP contribution in [0.4, 0.5) is 0 Å². The predicted octanol–water partition coefficient (Wildman–Crippen LogP) is 2.54. The van der Waals surface area contributed by atoms with Crippen LogP contribution in [0.1, 0.15) is 25.8 Å². The molecule has 3 N–H and O–H groups in total. The molecule has 0 aromatic heterocycles. The number of nitrogens with one attached hydrogen (secondary N) is 1. The molecule has 0 bridgehead atoms. The number of halogens is 1. The summed E-state index contributed by atoms with van der Waals surface area (Å²) in [6.45, 7) is 5.65. The van der Waals surface area contributed by atoms with Gasteiger partial charge < -0.3 is 15.5 Å². The summed E-state index contributed by atoms with van der Waals surface area (Å²) in [5.74, 6) is 0.213. The molecule has 3 nitrogen and oxygen atoms in total. The molecule has 0 unspecified atom stereocenters. The lowest BCUT2D eigenvalue weighted by molar-refractivity contribution is 0.207. The highest BCUT2D eigenvalue weighted by Crippen LogP contribution is 2.25. The highest BCUT2D eigenvalue weighted by molar-refractivity contribution is 6.31. The summed E-state index contributed by atoms with van der Waals surface area (Å²) in [5.41, 5.74) is 0.750. The summed E-state index contributed by atoms with van der Waals surface area (Å²) in [6.07, 6.45) is 0.745. The molecular formula is C13H20ClNO2. The maximum Gasteiger partial charge on any atom is 0.121 e. The van der Waals surface area contributed by atoms with Crippen LogP contribution in [0.25, 0.3) is 0 Å². The average Bonchev–Trinajstić information content (AvgIpc) is 2.22. The van der Waals surface area contributed by atoms with Gasteiger partial charge in [0.15, 0.2) is 0 Å². The van der Waals surface area contributed by atoms with Gasteiger partial charge >= 0.3 is 0 Å². The van der Waals surface area contributed by atoms with Crippen LogP contribution in [-0.4, -0.2) is 23.4 Å². The number of rotatable bonds is 6. The predicted molar refractivity (Wildman–Crippen MR) is 70.3 cm³/mol. The molecule has 96 valence electrons. The fourth-order valence-corrected chi connectivity index (χ4v) is 1.88. The number of aromatic hydroxyl groups is 1. The zero-order valence-corrected chi connectivity index (χ0v) is 11.1. The van der Waals surface area contributed by atoms with Gasteiger partial charge in [-0.05, 0) is 24.0 Å². The number of hydrogen-bond acceptors (Lipinski definition) is 3. The van der Waals surface area contributed by atoms with E-state index in [1.807, 2.05) is 0 Å². The minimum absolute atomic E-state index is 0.0334. The number of aliphatic hydroxyl groups excluding tert-OH is 1. The van der Waals surface area contributed by atoms with E-state index in [2.05, 4.69) is 19.2 Å². The Morgan fingerprint density at radius 1 is 1.35 bits per heavy atom. The van der Waals surface area contributed by atoms with E-state index in [0.717, 1.165) is 13.0 Å². The molecular weight excluding hydrogens is 238 g/mol. The molecule has 17 heavy (non-hydrogen) atoms. The lowest BCUT2D eigenvalue weighted by atomic mass is 9.90. The molecule has 0 saturated heterocycles. The Balaban J connectivity index is 2.51. The topological polar surface area (TPSA) is 52.5 Å². The van der Waals surface area contributed by atoms with Gasteiger partial charge in [0.25, 0.3) is 0 Å². The van der Waals surface area contributed by atoms with Gasteiger partial charge in [0.1, 0.15) is 5.75 Å². The molecule has 0 atom stereocenters. The van der Waals surface area contributed by atoms with Crippen molar-refractivity contribution in [1.29, 1.82) is 0 Å². The molecule has 0 fully saturated rings. The minimum Gasteiger partial charge on any atom is -0.508 e. The third-order valence-corrected chi connectivity index (χ3v) is 3.14. The summed E-state index contributed by atoms with van der Waals surface area (Å²) in [6, 6.07) is 5.11. The molecule has 0 aliphatic carbocycles. The van der Waals surface area contributed by atoms with Crippen LogP contribution in [0.5, 0.6) is 5.75 Å². The van der Waals surface area contributed by atoms with Crippen LogP contribution in [0.3, 0.4) is 0 Å². The van der Waals surface area contributed by atoms with Crippen LogP contribution in [-0.2, 0) is 6.54 Å². The van der Waals surface area contributed by atoms with Crippen LogP contribution in [0.2, 0.25) is 5.02 Å². The van der Waals surface area contributed by atoms with Crippen molar-refractivity contribution in [3.8, 4) is 5.75 Å². The minimum atomic E-state index is 0.0334. The molecule has 1 rings (SSSR count). The quantitative estimate of drug-likeness (QED) is 0.734. The Labute approximate surface area is 107 Å². The zero-order chi connectivity index (χ0) is 12.9. The van der Waals surface area contributed by atoms with Crippen molar-refractivity contribution in [3.63, 3.8) is 0 Å². The lowest BCUT2D eigenvalue weighted by Gasteiger charge is -2.24. The number of aliphatic hydroxyl groups is 1. The molecule has 0 radical (unpaired) electrons. The first kappa shape index (κ1) is 14.3. The number of phenolic OH excluding ortho intramolecular Hbond substituents is 1. The Kier molecular flexibility index (Phi) is 5.25. The molecule has 0 aliphatic heterocycles.